The number of halogens is 3. The first-order valence-corrected chi connectivity index (χ1v) is 6.98. The van der Waals surface area contributed by atoms with Gasteiger partial charge in [-0.05, 0) is 35.7 Å². The van der Waals surface area contributed by atoms with Gasteiger partial charge in [0.05, 0.1) is 0 Å². The number of carbonyl (C=O) groups is 1. The normalized spacial score (nSPS) is 19.2. The molecule has 2 aromatic rings. The summed E-state index contributed by atoms with van der Waals surface area (Å²) in [7, 11) is 1.40. The molecule has 0 heterocycles. The second-order valence-corrected chi connectivity index (χ2v) is 5.55. The maximum absolute atomic E-state index is 13.7. The van der Waals surface area contributed by atoms with Crippen molar-refractivity contribution >= 4 is 5.91 Å². The van der Waals surface area contributed by atoms with Crippen molar-refractivity contribution in [3.8, 4) is 11.1 Å². The van der Waals surface area contributed by atoms with Gasteiger partial charge in [-0.1, -0.05) is 24.3 Å². The molecular weight excluding hydrogens is 307 g/mol. The van der Waals surface area contributed by atoms with Gasteiger partial charge in [0.25, 0.3) is 5.91 Å². The average Bonchev–Trinajstić information content (AvgIpc) is 2.77. The molecule has 0 bridgehead atoms. The molecule has 0 fully saturated rings. The molecule has 0 aliphatic heterocycles. The number of amides is 1. The zero-order valence-corrected chi connectivity index (χ0v) is 12.5. The number of alkyl halides is 3. The molecule has 1 aliphatic carbocycles. The summed E-state index contributed by atoms with van der Waals surface area (Å²) in [4.78, 5) is 11.8. The molecule has 1 aliphatic rings. The van der Waals surface area contributed by atoms with Gasteiger partial charge in [0.15, 0.2) is 0 Å². The van der Waals surface area contributed by atoms with Crippen LogP contribution in [-0.2, 0) is 5.60 Å². The Balaban J connectivity index is 2.40. The summed E-state index contributed by atoms with van der Waals surface area (Å²) in [5.74, 6) is -0.503. The predicted molar refractivity (Wildman–Crippen MR) is 79.1 cm³/mol. The Labute approximate surface area is 130 Å². The van der Waals surface area contributed by atoms with Crippen molar-refractivity contribution in [1.82, 2.24) is 5.32 Å². The highest BCUT2D eigenvalue weighted by atomic mass is 19.4. The fourth-order valence-corrected chi connectivity index (χ4v) is 3.17. The topological polar surface area (TPSA) is 49.3 Å². The van der Waals surface area contributed by atoms with Crippen LogP contribution in [0.25, 0.3) is 11.1 Å². The molecule has 0 aromatic heterocycles. The molecule has 3 rings (SSSR count). The molecule has 120 valence electrons. The van der Waals surface area contributed by atoms with Crippen molar-refractivity contribution < 1.29 is 23.1 Å². The highest BCUT2D eigenvalue weighted by molar-refractivity contribution is 5.96. The van der Waals surface area contributed by atoms with Gasteiger partial charge in [0.2, 0.25) is 5.60 Å². The molecule has 3 nitrogen and oxygen atoms in total. The summed E-state index contributed by atoms with van der Waals surface area (Å²) in [6.45, 7) is 1.63. The van der Waals surface area contributed by atoms with Crippen LogP contribution in [0, 0.1) is 6.92 Å². The molecule has 0 spiro atoms. The second kappa shape index (κ2) is 4.83. The minimum Gasteiger partial charge on any atom is -0.372 e. The third-order valence-electron chi connectivity index (χ3n) is 4.21. The van der Waals surface area contributed by atoms with E-state index in [0.29, 0.717) is 16.7 Å². The number of carbonyl (C=O) groups excluding carboxylic acids is 1. The van der Waals surface area contributed by atoms with E-state index in [1.807, 2.05) is 0 Å². The lowest BCUT2D eigenvalue weighted by Gasteiger charge is -2.28. The van der Waals surface area contributed by atoms with Crippen molar-refractivity contribution in [3.63, 3.8) is 0 Å². The number of aryl methyl sites for hydroxylation is 1. The van der Waals surface area contributed by atoms with Gasteiger partial charge >= 0.3 is 6.18 Å². The highest BCUT2D eigenvalue weighted by Crippen LogP contribution is 2.55. The van der Waals surface area contributed by atoms with Crippen LogP contribution in [0.15, 0.2) is 36.4 Å². The van der Waals surface area contributed by atoms with Gasteiger partial charge in [-0.25, -0.2) is 0 Å². The lowest BCUT2D eigenvalue weighted by atomic mass is 9.89. The number of hydrogen-bond acceptors (Lipinski definition) is 2. The Bertz CT molecular complexity index is 814. The third-order valence-corrected chi connectivity index (χ3v) is 4.21. The highest BCUT2D eigenvalue weighted by Gasteiger charge is 2.61. The Morgan fingerprint density at radius 1 is 1.17 bits per heavy atom. The van der Waals surface area contributed by atoms with Crippen LogP contribution in [0.1, 0.15) is 27.0 Å². The minimum absolute atomic E-state index is 0.0826. The van der Waals surface area contributed by atoms with E-state index in [4.69, 9.17) is 0 Å². The number of fused-ring (bicyclic) bond motifs is 3. The molecule has 23 heavy (non-hydrogen) atoms. The first kappa shape index (κ1) is 15.6. The zero-order valence-electron chi connectivity index (χ0n) is 12.5. The van der Waals surface area contributed by atoms with E-state index in [-0.39, 0.29) is 16.7 Å². The fourth-order valence-electron chi connectivity index (χ4n) is 3.17. The summed E-state index contributed by atoms with van der Waals surface area (Å²) >= 11 is 0. The van der Waals surface area contributed by atoms with E-state index in [1.54, 1.807) is 19.1 Å². The summed E-state index contributed by atoms with van der Waals surface area (Å²) in [5.41, 5.74) is -2.37. The van der Waals surface area contributed by atoms with Crippen molar-refractivity contribution in [2.24, 2.45) is 0 Å². The van der Waals surface area contributed by atoms with Crippen molar-refractivity contribution in [3.05, 3.63) is 58.7 Å². The summed E-state index contributed by atoms with van der Waals surface area (Å²) in [6.07, 6.45) is -4.90. The summed E-state index contributed by atoms with van der Waals surface area (Å²) < 4.78 is 41.1. The Morgan fingerprint density at radius 3 is 2.43 bits per heavy atom. The molecule has 1 amide bonds. The van der Waals surface area contributed by atoms with E-state index in [9.17, 15) is 23.1 Å². The molecular formula is C17H14F3NO2. The number of rotatable bonds is 1. The summed E-state index contributed by atoms with van der Waals surface area (Å²) in [5, 5.41) is 13.0. The predicted octanol–water partition coefficient (Wildman–Crippen LogP) is 3.13. The Hall–Kier alpha value is -2.34. The number of aliphatic hydroxyl groups is 1. The van der Waals surface area contributed by atoms with E-state index in [2.05, 4.69) is 5.32 Å². The number of hydrogen-bond donors (Lipinski definition) is 2. The molecule has 0 radical (unpaired) electrons. The van der Waals surface area contributed by atoms with Crippen LogP contribution in [0.4, 0.5) is 13.2 Å². The fraction of sp³-hybridized carbons (Fsp3) is 0.235. The summed E-state index contributed by atoms with van der Waals surface area (Å²) in [6, 6.07) is 8.53. The van der Waals surface area contributed by atoms with Gasteiger partial charge in [0.1, 0.15) is 0 Å². The van der Waals surface area contributed by atoms with Gasteiger partial charge in [0, 0.05) is 23.7 Å². The monoisotopic (exact) mass is 321 g/mol. The molecule has 1 atom stereocenters. The Morgan fingerprint density at radius 2 is 1.83 bits per heavy atom. The standard InChI is InChI=1S/C17H14F3NO2/c1-9-7-10(15(22)21-2)8-13-14(9)11-5-3-4-6-12(11)16(13,23)17(18,19)20/h3-8,23H,1-2H3,(H,21,22). The van der Waals surface area contributed by atoms with Crippen molar-refractivity contribution in [2.45, 2.75) is 18.7 Å². The van der Waals surface area contributed by atoms with E-state index in [0.717, 1.165) is 6.07 Å². The molecule has 0 saturated carbocycles. The quantitative estimate of drug-likeness (QED) is 0.848. The van der Waals surface area contributed by atoms with Gasteiger partial charge in [-0.2, -0.15) is 13.2 Å². The lowest BCUT2D eigenvalue weighted by molar-refractivity contribution is -0.246. The number of nitrogens with one attached hydrogen (secondary N) is 1. The average molecular weight is 321 g/mol. The van der Waals surface area contributed by atoms with Crippen LogP contribution >= 0.6 is 0 Å². The minimum atomic E-state index is -4.90. The second-order valence-electron chi connectivity index (χ2n) is 5.55. The van der Waals surface area contributed by atoms with E-state index < -0.39 is 17.7 Å². The van der Waals surface area contributed by atoms with Crippen LogP contribution in [0.3, 0.4) is 0 Å². The maximum Gasteiger partial charge on any atom is 0.425 e. The molecule has 6 heteroatoms. The van der Waals surface area contributed by atoms with Crippen LogP contribution < -0.4 is 5.32 Å². The van der Waals surface area contributed by atoms with E-state index in [1.165, 1.54) is 25.2 Å². The molecule has 2 aromatic carbocycles. The van der Waals surface area contributed by atoms with Crippen molar-refractivity contribution in [1.29, 1.82) is 0 Å². The van der Waals surface area contributed by atoms with Gasteiger partial charge < -0.3 is 10.4 Å². The third kappa shape index (κ3) is 1.98. The van der Waals surface area contributed by atoms with Crippen LogP contribution in [0.5, 0.6) is 0 Å². The Kier molecular flexibility index (Phi) is 3.26. The molecule has 1 unspecified atom stereocenters. The van der Waals surface area contributed by atoms with Crippen LogP contribution in [0.2, 0.25) is 0 Å². The van der Waals surface area contributed by atoms with Crippen LogP contribution in [-0.4, -0.2) is 24.2 Å². The van der Waals surface area contributed by atoms with Crippen molar-refractivity contribution in [2.75, 3.05) is 7.05 Å². The lowest BCUT2D eigenvalue weighted by Crippen LogP contribution is -2.41. The number of benzene rings is 2. The first-order valence-electron chi connectivity index (χ1n) is 6.98. The SMILES string of the molecule is CNC(=O)c1cc(C)c2c(c1)C(O)(C(F)(F)F)c1ccccc1-2. The van der Waals surface area contributed by atoms with E-state index >= 15 is 0 Å². The first-order chi connectivity index (χ1) is 10.7. The van der Waals surface area contributed by atoms with Gasteiger partial charge in [-0.15, -0.1) is 0 Å². The molecule has 0 saturated heterocycles. The smallest absolute Gasteiger partial charge is 0.372 e. The van der Waals surface area contributed by atoms with Gasteiger partial charge in [-0.3, -0.25) is 4.79 Å². The molecule has 2 N–H and O–H groups in total. The maximum atomic E-state index is 13.7. The zero-order chi connectivity index (χ0) is 17.0. The largest absolute Gasteiger partial charge is 0.425 e.